The van der Waals surface area contributed by atoms with Crippen molar-refractivity contribution in [2.45, 2.75) is 38.6 Å². The summed E-state index contributed by atoms with van der Waals surface area (Å²) in [4.78, 5) is 2.25. The van der Waals surface area contributed by atoms with Crippen LogP contribution in [0.1, 0.15) is 18.9 Å². The lowest BCUT2D eigenvalue weighted by Gasteiger charge is -2.36. The molecule has 1 aromatic heterocycles. The van der Waals surface area contributed by atoms with Crippen molar-refractivity contribution in [3.63, 3.8) is 0 Å². The Morgan fingerprint density at radius 2 is 2.03 bits per heavy atom. The Balaban J connectivity index is 1.43. The number of rotatable bonds is 6. The number of ether oxygens (including phenoxy) is 2. The zero-order chi connectivity index (χ0) is 20.4. The van der Waals surface area contributed by atoms with Crippen molar-refractivity contribution in [1.29, 1.82) is 0 Å². The van der Waals surface area contributed by atoms with E-state index >= 15 is 0 Å². The van der Waals surface area contributed by atoms with Gasteiger partial charge in [-0.25, -0.2) is 4.39 Å². The molecule has 1 aliphatic rings. The second-order valence-electron chi connectivity index (χ2n) is 7.49. The molecule has 0 unspecified atom stereocenters. The third-order valence-electron chi connectivity index (χ3n) is 5.65. The zero-order valence-electron chi connectivity index (χ0n) is 16.8. The van der Waals surface area contributed by atoms with Gasteiger partial charge in [-0.1, -0.05) is 12.1 Å². The van der Waals surface area contributed by atoms with E-state index in [-0.39, 0.29) is 11.9 Å². The Labute approximate surface area is 170 Å². The van der Waals surface area contributed by atoms with Crippen molar-refractivity contribution in [3.8, 4) is 11.5 Å². The number of hydrogen-bond donors (Lipinski definition) is 1. The molecule has 0 spiro atoms. The van der Waals surface area contributed by atoms with Crippen LogP contribution in [-0.4, -0.2) is 47.0 Å². The van der Waals surface area contributed by atoms with Gasteiger partial charge in [-0.05, 0) is 43.2 Å². The van der Waals surface area contributed by atoms with Crippen LogP contribution in [0.4, 0.5) is 4.39 Å². The summed E-state index contributed by atoms with van der Waals surface area (Å²) in [6.45, 7) is 5.22. The molecule has 29 heavy (non-hydrogen) atoms. The summed E-state index contributed by atoms with van der Waals surface area (Å²) >= 11 is 0. The number of halogens is 1. The van der Waals surface area contributed by atoms with Gasteiger partial charge in [0.15, 0.2) is 11.5 Å². The third kappa shape index (κ3) is 4.09. The predicted molar refractivity (Wildman–Crippen MR) is 111 cm³/mol. The average molecular weight is 398 g/mol. The molecule has 0 aliphatic carbocycles. The van der Waals surface area contributed by atoms with Gasteiger partial charge >= 0.3 is 0 Å². The number of aryl methyl sites for hydroxylation is 1. The van der Waals surface area contributed by atoms with Gasteiger partial charge in [-0.3, -0.25) is 4.90 Å². The highest BCUT2D eigenvalue weighted by molar-refractivity contribution is 5.83. The van der Waals surface area contributed by atoms with Gasteiger partial charge in [-0.2, -0.15) is 0 Å². The molecule has 0 radical (unpaired) electrons. The minimum atomic E-state index is -0.627. The molecule has 1 aliphatic heterocycles. The first-order chi connectivity index (χ1) is 14.1. The molecule has 0 saturated carbocycles. The summed E-state index contributed by atoms with van der Waals surface area (Å²) in [6, 6.07) is 12.7. The number of piperidine rings is 1. The lowest BCUT2D eigenvalue weighted by molar-refractivity contribution is -0.0282. The molecule has 3 aromatic rings. The Bertz CT molecular complexity index is 987. The first kappa shape index (κ1) is 19.7. The molecule has 4 rings (SSSR count). The van der Waals surface area contributed by atoms with E-state index in [4.69, 9.17) is 9.47 Å². The Morgan fingerprint density at radius 3 is 2.79 bits per heavy atom. The fraction of sp³-hybridized carbons (Fsp3) is 0.391. The van der Waals surface area contributed by atoms with Crippen LogP contribution in [0.3, 0.4) is 0 Å². The number of fused-ring (bicyclic) bond motifs is 1. The number of aromatic nitrogens is 1. The molecule has 1 N–H and O–H groups in total. The van der Waals surface area contributed by atoms with Crippen LogP contribution in [0.2, 0.25) is 0 Å². The highest BCUT2D eigenvalue weighted by Gasteiger charge is 2.30. The molecule has 6 heteroatoms. The largest absolute Gasteiger partial charge is 0.493 e. The zero-order valence-corrected chi connectivity index (χ0v) is 16.8. The van der Waals surface area contributed by atoms with Gasteiger partial charge in [0.05, 0.1) is 7.11 Å². The summed E-state index contributed by atoms with van der Waals surface area (Å²) in [5.41, 5.74) is 2.51. The normalized spacial score (nSPS) is 20.1. The molecule has 154 valence electrons. The van der Waals surface area contributed by atoms with Crippen molar-refractivity contribution < 1.29 is 19.0 Å². The van der Waals surface area contributed by atoms with Gasteiger partial charge in [0.1, 0.15) is 18.0 Å². The SMILES string of the molecule is CCn1ccc2c(CN3CC[C@@H](Oc4ccc(F)cc4OC)[C@H](O)C3)cccc21. The third-order valence-corrected chi connectivity index (χ3v) is 5.65. The van der Waals surface area contributed by atoms with E-state index in [1.165, 1.54) is 35.7 Å². The summed E-state index contributed by atoms with van der Waals surface area (Å²) in [5, 5.41) is 11.9. The van der Waals surface area contributed by atoms with Gasteiger partial charge in [0.2, 0.25) is 0 Å². The number of hydrogen-bond acceptors (Lipinski definition) is 4. The molecule has 1 saturated heterocycles. The van der Waals surface area contributed by atoms with Crippen molar-refractivity contribution in [3.05, 3.63) is 60.0 Å². The number of nitrogens with zero attached hydrogens (tertiary/aromatic N) is 2. The second kappa shape index (κ2) is 8.43. The van der Waals surface area contributed by atoms with E-state index in [0.29, 0.717) is 24.5 Å². The van der Waals surface area contributed by atoms with Crippen LogP contribution in [0.25, 0.3) is 10.9 Å². The smallest absolute Gasteiger partial charge is 0.163 e. The maximum Gasteiger partial charge on any atom is 0.163 e. The first-order valence-corrected chi connectivity index (χ1v) is 10.1. The van der Waals surface area contributed by atoms with Gasteiger partial charge in [-0.15, -0.1) is 0 Å². The first-order valence-electron chi connectivity index (χ1n) is 10.1. The lowest BCUT2D eigenvalue weighted by Crippen LogP contribution is -2.48. The van der Waals surface area contributed by atoms with Crippen molar-refractivity contribution in [2.24, 2.45) is 0 Å². The van der Waals surface area contributed by atoms with Gasteiger partial charge in [0, 0.05) is 49.3 Å². The standard InChI is InChI=1S/C23H27FN2O3/c1-3-26-12-9-18-16(5-4-6-19(18)26)14-25-11-10-21(20(27)15-25)29-22-8-7-17(24)13-23(22)28-2/h4-9,12-13,20-21,27H,3,10-11,14-15H2,1-2H3/t20-,21-/m1/s1. The van der Waals surface area contributed by atoms with E-state index in [0.717, 1.165) is 19.6 Å². The number of aliphatic hydroxyl groups is 1. The summed E-state index contributed by atoms with van der Waals surface area (Å²) in [5.74, 6) is 0.416. The maximum atomic E-state index is 13.4. The summed E-state index contributed by atoms with van der Waals surface area (Å²) < 4.78 is 26.8. The quantitative estimate of drug-likeness (QED) is 0.686. The van der Waals surface area contributed by atoms with Crippen molar-refractivity contribution >= 4 is 10.9 Å². The molecule has 0 amide bonds. The van der Waals surface area contributed by atoms with Gasteiger partial charge < -0.3 is 19.1 Å². The van der Waals surface area contributed by atoms with E-state index in [2.05, 4.69) is 46.9 Å². The minimum Gasteiger partial charge on any atom is -0.493 e. The van der Waals surface area contributed by atoms with Gasteiger partial charge in [0.25, 0.3) is 0 Å². The van der Waals surface area contributed by atoms with Crippen LogP contribution >= 0.6 is 0 Å². The topological polar surface area (TPSA) is 46.9 Å². The monoisotopic (exact) mass is 398 g/mol. The maximum absolute atomic E-state index is 13.4. The minimum absolute atomic E-state index is 0.340. The van der Waals surface area contributed by atoms with Crippen LogP contribution in [-0.2, 0) is 13.1 Å². The number of methoxy groups -OCH3 is 1. The molecule has 2 aromatic carbocycles. The average Bonchev–Trinajstić information content (AvgIpc) is 3.15. The van der Waals surface area contributed by atoms with E-state index < -0.39 is 6.10 Å². The number of likely N-dealkylation sites (tertiary alicyclic amines) is 1. The molecule has 0 bridgehead atoms. The van der Waals surface area contributed by atoms with Crippen LogP contribution in [0.15, 0.2) is 48.7 Å². The van der Waals surface area contributed by atoms with Crippen molar-refractivity contribution in [1.82, 2.24) is 9.47 Å². The number of aliphatic hydroxyl groups excluding tert-OH is 1. The Morgan fingerprint density at radius 1 is 1.17 bits per heavy atom. The van der Waals surface area contributed by atoms with Crippen molar-refractivity contribution in [2.75, 3.05) is 20.2 Å². The lowest BCUT2D eigenvalue weighted by atomic mass is 10.0. The summed E-state index contributed by atoms with van der Waals surface area (Å²) in [6.07, 6.45) is 1.84. The van der Waals surface area contributed by atoms with E-state index in [1.807, 2.05) is 0 Å². The number of benzene rings is 2. The fourth-order valence-electron chi connectivity index (χ4n) is 4.10. The second-order valence-corrected chi connectivity index (χ2v) is 7.49. The highest BCUT2D eigenvalue weighted by Crippen LogP contribution is 2.31. The highest BCUT2D eigenvalue weighted by atomic mass is 19.1. The van der Waals surface area contributed by atoms with E-state index in [9.17, 15) is 9.50 Å². The van der Waals surface area contributed by atoms with E-state index in [1.54, 1.807) is 6.07 Å². The molecule has 2 heterocycles. The fourth-order valence-corrected chi connectivity index (χ4v) is 4.10. The molecule has 1 fully saturated rings. The van der Waals surface area contributed by atoms with Crippen LogP contribution in [0.5, 0.6) is 11.5 Å². The van der Waals surface area contributed by atoms with Crippen LogP contribution in [0, 0.1) is 5.82 Å². The Hall–Kier alpha value is -2.57. The number of β-amino-alcohol motifs (C(OH)–C–C–N with tert-alkyl or cyclic N) is 1. The molecular weight excluding hydrogens is 371 g/mol. The van der Waals surface area contributed by atoms with Crippen LogP contribution < -0.4 is 9.47 Å². The molecule has 5 nitrogen and oxygen atoms in total. The molecular formula is C23H27FN2O3. The Kier molecular flexibility index (Phi) is 5.74. The summed E-state index contributed by atoms with van der Waals surface area (Å²) in [7, 11) is 1.48. The molecule has 2 atom stereocenters. The predicted octanol–water partition coefficient (Wildman–Crippen LogP) is 3.82.